The Morgan fingerprint density at radius 2 is 2.22 bits per heavy atom. The van der Waals surface area contributed by atoms with E-state index in [2.05, 4.69) is 12.2 Å². The van der Waals surface area contributed by atoms with Gasteiger partial charge in [-0.3, -0.25) is 0 Å². The molecule has 1 aromatic rings. The van der Waals surface area contributed by atoms with Gasteiger partial charge >= 0.3 is 0 Å². The maximum absolute atomic E-state index is 9.88. The molecule has 2 atom stereocenters. The molecule has 0 radical (unpaired) electrons. The molecule has 0 aliphatic heterocycles. The van der Waals surface area contributed by atoms with Gasteiger partial charge in [0.1, 0.15) is 11.5 Å². The predicted octanol–water partition coefficient (Wildman–Crippen LogP) is 3.07. The molecule has 2 rings (SSSR count). The van der Waals surface area contributed by atoms with Crippen LogP contribution in [-0.4, -0.2) is 18.3 Å². The molecule has 0 heterocycles. The Bertz CT molecular complexity index is 392. The van der Waals surface area contributed by atoms with Crippen molar-refractivity contribution >= 4 is 0 Å². The average molecular weight is 249 g/mol. The fourth-order valence-electron chi connectivity index (χ4n) is 2.69. The van der Waals surface area contributed by atoms with Crippen LogP contribution in [0.25, 0.3) is 0 Å². The fourth-order valence-corrected chi connectivity index (χ4v) is 2.69. The number of ether oxygens (including phenoxy) is 1. The summed E-state index contributed by atoms with van der Waals surface area (Å²) in [5, 5.41) is 13.4. The summed E-state index contributed by atoms with van der Waals surface area (Å²) in [5.41, 5.74) is 0.939. The van der Waals surface area contributed by atoms with Crippen LogP contribution in [0.2, 0.25) is 0 Å². The van der Waals surface area contributed by atoms with E-state index in [9.17, 15) is 5.11 Å². The third-order valence-electron chi connectivity index (χ3n) is 3.81. The first-order valence-electron chi connectivity index (χ1n) is 6.78. The molecule has 0 spiro atoms. The van der Waals surface area contributed by atoms with Crippen molar-refractivity contribution in [2.24, 2.45) is 5.92 Å². The Kier molecular flexibility index (Phi) is 4.48. The van der Waals surface area contributed by atoms with Gasteiger partial charge in [-0.15, -0.1) is 0 Å². The molecule has 3 nitrogen and oxygen atoms in total. The molecule has 2 unspecified atom stereocenters. The van der Waals surface area contributed by atoms with Crippen molar-refractivity contribution in [3.63, 3.8) is 0 Å². The van der Waals surface area contributed by atoms with Crippen molar-refractivity contribution in [3.8, 4) is 11.5 Å². The summed E-state index contributed by atoms with van der Waals surface area (Å²) in [6.07, 6.45) is 5.16. The fraction of sp³-hybridized carbons (Fsp3) is 0.600. The van der Waals surface area contributed by atoms with E-state index in [1.165, 1.54) is 25.7 Å². The molecule has 1 aromatic carbocycles. The topological polar surface area (TPSA) is 41.5 Å². The smallest absolute Gasteiger partial charge is 0.123 e. The van der Waals surface area contributed by atoms with Gasteiger partial charge in [-0.1, -0.05) is 25.8 Å². The Labute approximate surface area is 109 Å². The lowest BCUT2D eigenvalue weighted by atomic mass is 9.87. The minimum absolute atomic E-state index is 0.311. The highest BCUT2D eigenvalue weighted by molar-refractivity contribution is 5.39. The summed E-state index contributed by atoms with van der Waals surface area (Å²) >= 11 is 0. The lowest BCUT2D eigenvalue weighted by Crippen LogP contribution is -2.33. The minimum atomic E-state index is 0.311. The molecular formula is C15H23NO2. The number of hydrogen-bond donors (Lipinski definition) is 2. The van der Waals surface area contributed by atoms with E-state index < -0.39 is 0 Å². The summed E-state index contributed by atoms with van der Waals surface area (Å²) in [6, 6.07) is 6.07. The van der Waals surface area contributed by atoms with Crippen LogP contribution in [0, 0.1) is 5.92 Å². The second kappa shape index (κ2) is 6.10. The third kappa shape index (κ3) is 3.39. The van der Waals surface area contributed by atoms with E-state index in [-0.39, 0.29) is 0 Å². The van der Waals surface area contributed by atoms with Gasteiger partial charge in [0.2, 0.25) is 0 Å². The first-order valence-corrected chi connectivity index (χ1v) is 6.78. The average Bonchev–Trinajstić information content (AvgIpc) is 2.37. The molecule has 18 heavy (non-hydrogen) atoms. The summed E-state index contributed by atoms with van der Waals surface area (Å²) in [7, 11) is 1.61. The van der Waals surface area contributed by atoms with Crippen LogP contribution < -0.4 is 10.1 Å². The number of nitrogens with one attached hydrogen (secondary N) is 1. The first-order chi connectivity index (χ1) is 8.69. The standard InChI is InChI=1S/C15H23NO2/c1-11-4-3-5-13(8-11)16-10-12-6-7-14(18-2)9-15(12)17/h6-7,9,11,13,16-17H,3-5,8,10H2,1-2H3. The molecule has 1 aliphatic rings. The molecule has 0 saturated heterocycles. The van der Waals surface area contributed by atoms with Gasteiger partial charge < -0.3 is 15.2 Å². The molecule has 0 aromatic heterocycles. The van der Waals surface area contributed by atoms with Crippen LogP contribution in [-0.2, 0) is 6.54 Å². The molecule has 0 bridgehead atoms. The monoisotopic (exact) mass is 249 g/mol. The number of hydrogen-bond acceptors (Lipinski definition) is 3. The highest BCUT2D eigenvalue weighted by atomic mass is 16.5. The first kappa shape index (κ1) is 13.2. The highest BCUT2D eigenvalue weighted by Gasteiger charge is 2.18. The van der Waals surface area contributed by atoms with Crippen molar-refractivity contribution in [2.45, 2.75) is 45.2 Å². The summed E-state index contributed by atoms with van der Waals surface area (Å²) in [4.78, 5) is 0. The highest BCUT2D eigenvalue weighted by Crippen LogP contribution is 2.26. The second-order valence-electron chi connectivity index (χ2n) is 5.34. The van der Waals surface area contributed by atoms with Crippen LogP contribution in [0.15, 0.2) is 18.2 Å². The van der Waals surface area contributed by atoms with Gasteiger partial charge in [0, 0.05) is 24.2 Å². The van der Waals surface area contributed by atoms with Crippen molar-refractivity contribution in [2.75, 3.05) is 7.11 Å². The van der Waals surface area contributed by atoms with Crippen molar-refractivity contribution < 1.29 is 9.84 Å². The molecule has 0 amide bonds. The van der Waals surface area contributed by atoms with Gasteiger partial charge in [0.05, 0.1) is 7.11 Å². The van der Waals surface area contributed by atoms with Crippen LogP contribution >= 0.6 is 0 Å². The lowest BCUT2D eigenvalue weighted by Gasteiger charge is -2.27. The second-order valence-corrected chi connectivity index (χ2v) is 5.34. The number of methoxy groups -OCH3 is 1. The number of phenols is 1. The van der Waals surface area contributed by atoms with Gasteiger partial charge in [-0.05, 0) is 24.8 Å². The van der Waals surface area contributed by atoms with E-state index in [1.54, 1.807) is 13.2 Å². The summed E-state index contributed by atoms with van der Waals surface area (Å²) in [5.74, 6) is 1.83. The normalized spacial score (nSPS) is 23.9. The van der Waals surface area contributed by atoms with Gasteiger partial charge in [0.15, 0.2) is 0 Å². The molecule has 1 fully saturated rings. The SMILES string of the molecule is COc1ccc(CNC2CCCC(C)C2)c(O)c1. The van der Waals surface area contributed by atoms with E-state index >= 15 is 0 Å². The lowest BCUT2D eigenvalue weighted by molar-refractivity contribution is 0.299. The van der Waals surface area contributed by atoms with Gasteiger partial charge in [0.25, 0.3) is 0 Å². The van der Waals surface area contributed by atoms with Crippen molar-refractivity contribution in [3.05, 3.63) is 23.8 Å². The van der Waals surface area contributed by atoms with E-state index in [0.29, 0.717) is 17.5 Å². The van der Waals surface area contributed by atoms with Gasteiger partial charge in [-0.2, -0.15) is 0 Å². The third-order valence-corrected chi connectivity index (χ3v) is 3.81. The Morgan fingerprint density at radius 1 is 1.39 bits per heavy atom. The quantitative estimate of drug-likeness (QED) is 0.861. The number of rotatable bonds is 4. The zero-order chi connectivity index (χ0) is 13.0. The Hall–Kier alpha value is -1.22. The largest absolute Gasteiger partial charge is 0.507 e. The molecule has 100 valence electrons. The maximum Gasteiger partial charge on any atom is 0.123 e. The van der Waals surface area contributed by atoms with E-state index in [1.807, 2.05) is 12.1 Å². The Balaban J connectivity index is 1.89. The minimum Gasteiger partial charge on any atom is -0.507 e. The van der Waals surface area contributed by atoms with Crippen molar-refractivity contribution in [1.82, 2.24) is 5.32 Å². The number of benzene rings is 1. The van der Waals surface area contributed by atoms with Crippen LogP contribution in [0.5, 0.6) is 11.5 Å². The number of aromatic hydroxyl groups is 1. The van der Waals surface area contributed by atoms with Crippen LogP contribution in [0.3, 0.4) is 0 Å². The van der Waals surface area contributed by atoms with Crippen molar-refractivity contribution in [1.29, 1.82) is 0 Å². The van der Waals surface area contributed by atoms with Crippen LogP contribution in [0.4, 0.5) is 0 Å². The Morgan fingerprint density at radius 3 is 2.89 bits per heavy atom. The predicted molar refractivity (Wildman–Crippen MR) is 72.9 cm³/mol. The molecular weight excluding hydrogens is 226 g/mol. The molecule has 1 saturated carbocycles. The van der Waals surface area contributed by atoms with Crippen LogP contribution in [0.1, 0.15) is 38.2 Å². The number of phenolic OH excluding ortho intramolecular Hbond substituents is 1. The summed E-state index contributed by atoms with van der Waals surface area (Å²) in [6.45, 7) is 3.05. The molecule has 2 N–H and O–H groups in total. The molecule has 3 heteroatoms. The van der Waals surface area contributed by atoms with Gasteiger partial charge in [-0.25, -0.2) is 0 Å². The van der Waals surface area contributed by atoms with E-state index in [0.717, 1.165) is 18.0 Å². The summed E-state index contributed by atoms with van der Waals surface area (Å²) < 4.78 is 5.08. The zero-order valence-electron chi connectivity index (χ0n) is 11.3. The van der Waals surface area contributed by atoms with E-state index in [4.69, 9.17) is 4.74 Å². The zero-order valence-corrected chi connectivity index (χ0v) is 11.3. The maximum atomic E-state index is 9.88. The molecule has 1 aliphatic carbocycles.